The maximum absolute atomic E-state index is 5.83. The van der Waals surface area contributed by atoms with Crippen molar-refractivity contribution in [2.75, 3.05) is 30.9 Å². The van der Waals surface area contributed by atoms with E-state index in [-0.39, 0.29) is 0 Å². The maximum Gasteiger partial charge on any atom is 0.224 e. The summed E-state index contributed by atoms with van der Waals surface area (Å²) in [4.78, 5) is 8.94. The lowest BCUT2D eigenvalue weighted by Crippen LogP contribution is -2.09. The molecule has 0 bridgehead atoms. The van der Waals surface area contributed by atoms with Gasteiger partial charge in [0.15, 0.2) is 0 Å². The Bertz CT molecular complexity index is 854. The molecule has 3 aromatic rings. The number of hydrogen-bond donors (Lipinski definition) is 2. The lowest BCUT2D eigenvalue weighted by Gasteiger charge is -2.11. The largest absolute Gasteiger partial charge is 0.489 e. The van der Waals surface area contributed by atoms with Gasteiger partial charge in [-0.15, -0.1) is 0 Å². The van der Waals surface area contributed by atoms with Crippen LogP contribution in [-0.4, -0.2) is 30.2 Å². The minimum atomic E-state index is 0.552. The Balaban J connectivity index is 1.56. The average molecular weight is 378 g/mol. The molecule has 0 spiro atoms. The predicted octanol–water partition coefficient (Wildman–Crippen LogP) is 4.56. The number of nitrogens with zero attached hydrogens (tertiary/aromatic N) is 2. The van der Waals surface area contributed by atoms with E-state index in [4.69, 9.17) is 9.47 Å². The number of ether oxygens (including phenoxy) is 2. The van der Waals surface area contributed by atoms with Crippen LogP contribution in [-0.2, 0) is 11.3 Å². The second kappa shape index (κ2) is 10.3. The van der Waals surface area contributed by atoms with Crippen molar-refractivity contribution in [3.8, 4) is 5.75 Å². The lowest BCUT2D eigenvalue weighted by atomic mass is 10.2. The first-order valence-electron chi connectivity index (χ1n) is 9.35. The number of hydrogen-bond acceptors (Lipinski definition) is 6. The molecule has 146 valence electrons. The fourth-order valence-corrected chi connectivity index (χ4v) is 2.65. The normalized spacial score (nSPS) is 10.5. The smallest absolute Gasteiger partial charge is 0.224 e. The summed E-state index contributed by atoms with van der Waals surface area (Å²) in [5.74, 6) is 2.19. The van der Waals surface area contributed by atoms with Crippen molar-refractivity contribution in [1.29, 1.82) is 0 Å². The van der Waals surface area contributed by atoms with Gasteiger partial charge in [-0.2, -0.15) is 4.98 Å². The third-order valence-corrected chi connectivity index (χ3v) is 4.04. The molecule has 0 unspecified atom stereocenters. The van der Waals surface area contributed by atoms with Crippen molar-refractivity contribution in [2.45, 2.75) is 20.0 Å². The highest BCUT2D eigenvalue weighted by Gasteiger charge is 2.03. The van der Waals surface area contributed by atoms with Gasteiger partial charge in [-0.25, -0.2) is 4.98 Å². The van der Waals surface area contributed by atoms with E-state index < -0.39 is 0 Å². The van der Waals surface area contributed by atoms with Gasteiger partial charge in [-0.1, -0.05) is 30.3 Å². The molecule has 0 atom stereocenters. The summed E-state index contributed by atoms with van der Waals surface area (Å²) in [6, 6.07) is 19.9. The van der Waals surface area contributed by atoms with Crippen molar-refractivity contribution >= 4 is 17.5 Å². The fourth-order valence-electron chi connectivity index (χ4n) is 2.65. The summed E-state index contributed by atoms with van der Waals surface area (Å²) in [6.45, 7) is 3.98. The van der Waals surface area contributed by atoms with Crippen molar-refractivity contribution in [1.82, 2.24) is 9.97 Å². The van der Waals surface area contributed by atoms with Gasteiger partial charge in [-0.05, 0) is 43.2 Å². The minimum absolute atomic E-state index is 0.552. The van der Waals surface area contributed by atoms with Crippen LogP contribution in [0.1, 0.15) is 17.7 Å². The lowest BCUT2D eigenvalue weighted by molar-refractivity contribution is 0.197. The first-order chi connectivity index (χ1) is 13.7. The van der Waals surface area contributed by atoms with E-state index in [1.54, 1.807) is 7.11 Å². The molecule has 0 aliphatic heterocycles. The monoisotopic (exact) mass is 378 g/mol. The molecule has 6 heteroatoms. The number of rotatable bonds is 10. The first kappa shape index (κ1) is 19.6. The second-order valence-corrected chi connectivity index (χ2v) is 6.41. The van der Waals surface area contributed by atoms with Crippen molar-refractivity contribution in [3.63, 3.8) is 0 Å². The van der Waals surface area contributed by atoms with Crippen molar-refractivity contribution in [3.05, 3.63) is 71.9 Å². The van der Waals surface area contributed by atoms with E-state index in [9.17, 15) is 0 Å². The molecule has 0 saturated carbocycles. The van der Waals surface area contributed by atoms with Crippen LogP contribution in [0.3, 0.4) is 0 Å². The zero-order chi connectivity index (χ0) is 19.6. The molecule has 0 radical (unpaired) electrons. The van der Waals surface area contributed by atoms with Gasteiger partial charge in [-0.3, -0.25) is 0 Å². The average Bonchev–Trinajstić information content (AvgIpc) is 2.71. The molecule has 0 saturated heterocycles. The Morgan fingerprint density at radius 2 is 1.75 bits per heavy atom. The molecule has 1 aromatic heterocycles. The molecular formula is C22H26N4O2. The topological polar surface area (TPSA) is 68.3 Å². The van der Waals surface area contributed by atoms with Gasteiger partial charge in [0.1, 0.15) is 18.2 Å². The standard InChI is InChI=1S/C22H26N4O2/c1-17-15-21(26-22(24-17)23-13-6-14-27-2)25-19-9-11-20(12-10-19)28-16-18-7-4-3-5-8-18/h3-5,7-12,15H,6,13-14,16H2,1-2H3,(H2,23,24,25,26). The number of anilines is 3. The van der Waals surface area contributed by atoms with E-state index in [0.29, 0.717) is 19.2 Å². The SMILES string of the molecule is COCCCNc1nc(C)cc(Nc2ccc(OCc3ccccc3)cc2)n1. The number of aryl methyl sites for hydroxylation is 1. The van der Waals surface area contributed by atoms with E-state index >= 15 is 0 Å². The molecule has 0 amide bonds. The van der Waals surface area contributed by atoms with Gasteiger partial charge >= 0.3 is 0 Å². The molecule has 3 rings (SSSR count). The van der Waals surface area contributed by atoms with Crippen LogP contribution in [0.4, 0.5) is 17.5 Å². The Morgan fingerprint density at radius 3 is 2.50 bits per heavy atom. The third kappa shape index (κ3) is 6.25. The highest BCUT2D eigenvalue weighted by molar-refractivity contribution is 5.58. The van der Waals surface area contributed by atoms with Crippen LogP contribution < -0.4 is 15.4 Å². The zero-order valence-corrected chi connectivity index (χ0v) is 16.3. The van der Waals surface area contributed by atoms with E-state index in [1.165, 1.54) is 0 Å². The van der Waals surface area contributed by atoms with Crippen LogP contribution in [0.25, 0.3) is 0 Å². The summed E-state index contributed by atoms with van der Waals surface area (Å²) < 4.78 is 10.9. The molecule has 0 fully saturated rings. The molecule has 6 nitrogen and oxygen atoms in total. The third-order valence-electron chi connectivity index (χ3n) is 4.04. The van der Waals surface area contributed by atoms with Crippen LogP contribution in [0, 0.1) is 6.92 Å². The van der Waals surface area contributed by atoms with Crippen molar-refractivity contribution in [2.24, 2.45) is 0 Å². The van der Waals surface area contributed by atoms with Gasteiger partial charge in [0.2, 0.25) is 5.95 Å². The molecule has 2 N–H and O–H groups in total. The Labute approximate surface area is 166 Å². The summed E-state index contributed by atoms with van der Waals surface area (Å²) >= 11 is 0. The first-order valence-corrected chi connectivity index (χ1v) is 9.35. The number of aromatic nitrogens is 2. The van der Waals surface area contributed by atoms with Crippen molar-refractivity contribution < 1.29 is 9.47 Å². The number of methoxy groups -OCH3 is 1. The molecule has 0 aliphatic carbocycles. The number of nitrogens with one attached hydrogen (secondary N) is 2. The molecular weight excluding hydrogens is 352 g/mol. The molecule has 0 aliphatic rings. The Morgan fingerprint density at radius 1 is 0.964 bits per heavy atom. The van der Waals surface area contributed by atoms with Gasteiger partial charge in [0.05, 0.1) is 0 Å². The summed E-state index contributed by atoms with van der Waals surface area (Å²) in [5.41, 5.74) is 2.98. The molecule has 28 heavy (non-hydrogen) atoms. The predicted molar refractivity (Wildman–Crippen MR) is 112 cm³/mol. The quantitative estimate of drug-likeness (QED) is 0.504. The molecule has 2 aromatic carbocycles. The maximum atomic E-state index is 5.83. The summed E-state index contributed by atoms with van der Waals surface area (Å²) in [6.07, 6.45) is 0.904. The van der Waals surface area contributed by atoms with E-state index in [1.807, 2.05) is 67.6 Å². The van der Waals surface area contributed by atoms with Gasteiger partial charge in [0.25, 0.3) is 0 Å². The number of benzene rings is 2. The zero-order valence-electron chi connectivity index (χ0n) is 16.3. The summed E-state index contributed by atoms with van der Waals surface area (Å²) in [5, 5.41) is 6.54. The highest BCUT2D eigenvalue weighted by atomic mass is 16.5. The van der Waals surface area contributed by atoms with Crippen LogP contribution in [0.2, 0.25) is 0 Å². The molecule has 1 heterocycles. The van der Waals surface area contributed by atoms with Crippen LogP contribution in [0.15, 0.2) is 60.7 Å². The summed E-state index contributed by atoms with van der Waals surface area (Å²) in [7, 11) is 1.70. The van der Waals surface area contributed by atoms with E-state index in [0.717, 1.165) is 41.5 Å². The Kier molecular flexibility index (Phi) is 7.21. The van der Waals surface area contributed by atoms with E-state index in [2.05, 4.69) is 20.6 Å². The van der Waals surface area contributed by atoms with Crippen LogP contribution in [0.5, 0.6) is 5.75 Å². The highest BCUT2D eigenvalue weighted by Crippen LogP contribution is 2.21. The van der Waals surface area contributed by atoms with Gasteiger partial charge in [0, 0.05) is 37.7 Å². The fraction of sp³-hybridized carbons (Fsp3) is 0.273. The second-order valence-electron chi connectivity index (χ2n) is 6.41. The van der Waals surface area contributed by atoms with Gasteiger partial charge < -0.3 is 20.1 Å². The Hall–Kier alpha value is -3.12. The minimum Gasteiger partial charge on any atom is -0.489 e. The van der Waals surface area contributed by atoms with Crippen LogP contribution >= 0.6 is 0 Å².